The molecule has 0 radical (unpaired) electrons. The maximum atomic E-state index is 12.6. The molecule has 7 heteroatoms. The Morgan fingerprint density at radius 2 is 1.75 bits per heavy atom. The quantitative estimate of drug-likeness (QED) is 0.509. The van der Waals surface area contributed by atoms with E-state index in [4.69, 9.17) is 4.98 Å². The SMILES string of the molecule is O=S(c1cccc(-c2cnn3cc(-c4ccc(N5CCNCC5)cc4)cnc23)c1)C1CC1. The third kappa shape index (κ3) is 3.72. The average molecular weight is 444 g/mol. The summed E-state index contributed by atoms with van der Waals surface area (Å²) in [4.78, 5) is 8.04. The van der Waals surface area contributed by atoms with Gasteiger partial charge in [-0.05, 0) is 48.2 Å². The summed E-state index contributed by atoms with van der Waals surface area (Å²) in [7, 11) is -0.917. The predicted octanol–water partition coefficient (Wildman–Crippen LogP) is 3.74. The summed E-state index contributed by atoms with van der Waals surface area (Å²) in [6.45, 7) is 4.14. The second-order valence-electron chi connectivity index (χ2n) is 8.48. The molecule has 2 aromatic heterocycles. The molecule has 4 aromatic rings. The number of anilines is 1. The van der Waals surface area contributed by atoms with E-state index in [1.165, 1.54) is 5.69 Å². The highest BCUT2D eigenvalue weighted by Gasteiger charge is 2.29. The standard InChI is InChI=1S/C25H25N5OS/c31-32(22-8-9-22)23-3-1-2-19(14-23)24-16-28-30-17-20(15-27-25(24)30)18-4-6-21(7-5-18)29-12-10-26-11-13-29/h1-7,14-17,22,26H,8-13H2. The normalized spacial score (nSPS) is 17.6. The molecular formula is C25H25N5OS. The predicted molar refractivity (Wildman–Crippen MR) is 128 cm³/mol. The van der Waals surface area contributed by atoms with Gasteiger partial charge in [0.2, 0.25) is 0 Å². The summed E-state index contributed by atoms with van der Waals surface area (Å²) in [5, 5.41) is 8.28. The smallest absolute Gasteiger partial charge is 0.162 e. The average Bonchev–Trinajstić information content (AvgIpc) is 3.63. The van der Waals surface area contributed by atoms with Crippen LogP contribution in [0.2, 0.25) is 0 Å². The maximum absolute atomic E-state index is 12.6. The van der Waals surface area contributed by atoms with E-state index in [0.717, 1.165) is 71.8 Å². The zero-order chi connectivity index (χ0) is 21.5. The molecule has 0 amide bonds. The highest BCUT2D eigenvalue weighted by molar-refractivity contribution is 7.86. The van der Waals surface area contributed by atoms with Crippen LogP contribution in [0.15, 0.2) is 72.0 Å². The maximum Gasteiger partial charge on any atom is 0.162 e. The molecule has 2 fully saturated rings. The minimum Gasteiger partial charge on any atom is -0.369 e. The lowest BCUT2D eigenvalue weighted by Crippen LogP contribution is -2.43. The van der Waals surface area contributed by atoms with Gasteiger partial charge in [-0.1, -0.05) is 24.3 Å². The van der Waals surface area contributed by atoms with Crippen molar-refractivity contribution in [3.63, 3.8) is 0 Å². The van der Waals surface area contributed by atoms with E-state index >= 15 is 0 Å². The van der Waals surface area contributed by atoms with Crippen molar-refractivity contribution < 1.29 is 4.21 Å². The molecule has 1 aliphatic carbocycles. The second kappa shape index (κ2) is 8.15. The van der Waals surface area contributed by atoms with Gasteiger partial charge in [0.05, 0.1) is 17.0 Å². The summed E-state index contributed by atoms with van der Waals surface area (Å²) < 4.78 is 14.4. The second-order valence-corrected chi connectivity index (χ2v) is 10.2. The van der Waals surface area contributed by atoms with Crippen LogP contribution < -0.4 is 10.2 Å². The fourth-order valence-electron chi connectivity index (χ4n) is 4.28. The number of fused-ring (bicyclic) bond motifs is 1. The monoisotopic (exact) mass is 443 g/mol. The van der Waals surface area contributed by atoms with Gasteiger partial charge >= 0.3 is 0 Å². The van der Waals surface area contributed by atoms with Crippen molar-refractivity contribution in [2.75, 3.05) is 31.1 Å². The Balaban J connectivity index is 1.28. The van der Waals surface area contributed by atoms with Crippen LogP contribution >= 0.6 is 0 Å². The third-order valence-electron chi connectivity index (χ3n) is 6.24. The Morgan fingerprint density at radius 1 is 0.938 bits per heavy atom. The first-order valence-corrected chi connectivity index (χ1v) is 12.4. The first-order chi connectivity index (χ1) is 15.8. The van der Waals surface area contributed by atoms with Crippen molar-refractivity contribution in [3.8, 4) is 22.3 Å². The molecule has 3 heterocycles. The van der Waals surface area contributed by atoms with Crippen molar-refractivity contribution >= 4 is 22.1 Å². The Morgan fingerprint density at radius 3 is 2.53 bits per heavy atom. The minimum atomic E-state index is -0.917. The summed E-state index contributed by atoms with van der Waals surface area (Å²) >= 11 is 0. The van der Waals surface area contributed by atoms with E-state index in [1.54, 1.807) is 0 Å². The highest BCUT2D eigenvalue weighted by Crippen LogP contribution is 2.33. The third-order valence-corrected chi connectivity index (χ3v) is 8.04. The molecule has 6 nitrogen and oxygen atoms in total. The number of hydrogen-bond donors (Lipinski definition) is 1. The van der Waals surface area contributed by atoms with Crippen molar-refractivity contribution in [1.82, 2.24) is 19.9 Å². The fraction of sp³-hybridized carbons (Fsp3) is 0.280. The van der Waals surface area contributed by atoms with Gasteiger partial charge in [-0.3, -0.25) is 4.21 Å². The van der Waals surface area contributed by atoms with Gasteiger partial charge in [0, 0.05) is 65.5 Å². The van der Waals surface area contributed by atoms with Gasteiger partial charge in [-0.15, -0.1) is 0 Å². The number of hydrogen-bond acceptors (Lipinski definition) is 5. The minimum absolute atomic E-state index is 0.327. The largest absolute Gasteiger partial charge is 0.369 e. The molecule has 1 saturated carbocycles. The van der Waals surface area contributed by atoms with E-state index in [-0.39, 0.29) is 0 Å². The van der Waals surface area contributed by atoms with Gasteiger partial charge in [0.1, 0.15) is 0 Å². The van der Waals surface area contributed by atoms with Gasteiger partial charge in [-0.2, -0.15) is 5.10 Å². The lowest BCUT2D eigenvalue weighted by atomic mass is 10.1. The fourth-order valence-corrected chi connectivity index (χ4v) is 5.68. The number of benzene rings is 2. The van der Waals surface area contributed by atoms with Crippen LogP contribution in [0, 0.1) is 0 Å². The molecule has 1 atom stereocenters. The molecule has 0 spiro atoms. The van der Waals surface area contributed by atoms with E-state index in [2.05, 4.69) is 39.6 Å². The number of aromatic nitrogens is 3. The lowest BCUT2D eigenvalue weighted by Gasteiger charge is -2.29. The Bertz CT molecular complexity index is 1290. The lowest BCUT2D eigenvalue weighted by molar-refractivity contribution is 0.589. The van der Waals surface area contributed by atoms with Crippen LogP contribution in [0.25, 0.3) is 27.9 Å². The number of piperazine rings is 1. The summed E-state index contributed by atoms with van der Waals surface area (Å²) in [5.41, 5.74) is 6.18. The number of rotatable bonds is 5. The molecule has 2 aromatic carbocycles. The first kappa shape index (κ1) is 19.6. The first-order valence-electron chi connectivity index (χ1n) is 11.2. The molecule has 1 unspecified atom stereocenters. The van der Waals surface area contributed by atoms with Crippen molar-refractivity contribution in [2.24, 2.45) is 0 Å². The van der Waals surface area contributed by atoms with Crippen LogP contribution in [-0.2, 0) is 10.8 Å². The Kier molecular flexibility index (Phi) is 5.00. The number of nitrogens with one attached hydrogen (secondary N) is 1. The van der Waals surface area contributed by atoms with Crippen molar-refractivity contribution in [2.45, 2.75) is 23.0 Å². The van der Waals surface area contributed by atoms with Crippen molar-refractivity contribution in [1.29, 1.82) is 0 Å². The van der Waals surface area contributed by atoms with Crippen LogP contribution in [0.5, 0.6) is 0 Å². The molecule has 32 heavy (non-hydrogen) atoms. The molecule has 1 aliphatic heterocycles. The van der Waals surface area contributed by atoms with E-state index < -0.39 is 10.8 Å². The highest BCUT2D eigenvalue weighted by atomic mass is 32.2. The van der Waals surface area contributed by atoms with Crippen LogP contribution in [0.3, 0.4) is 0 Å². The summed E-state index contributed by atoms with van der Waals surface area (Å²) in [5.74, 6) is 0. The van der Waals surface area contributed by atoms with Crippen LogP contribution in [0.1, 0.15) is 12.8 Å². The Hall–Kier alpha value is -3.03. The molecule has 2 aliphatic rings. The molecule has 1 saturated heterocycles. The Labute approximate surface area is 189 Å². The van der Waals surface area contributed by atoms with Gasteiger partial charge < -0.3 is 10.2 Å². The molecule has 162 valence electrons. The summed E-state index contributed by atoms with van der Waals surface area (Å²) in [6, 6.07) is 16.7. The topological polar surface area (TPSA) is 62.5 Å². The van der Waals surface area contributed by atoms with Gasteiger partial charge in [0.15, 0.2) is 5.65 Å². The summed E-state index contributed by atoms with van der Waals surface area (Å²) in [6.07, 6.45) is 7.91. The van der Waals surface area contributed by atoms with Crippen LogP contribution in [0.4, 0.5) is 5.69 Å². The number of nitrogens with zero attached hydrogens (tertiary/aromatic N) is 4. The zero-order valence-corrected chi connectivity index (χ0v) is 18.6. The van der Waals surface area contributed by atoms with Gasteiger partial charge in [0.25, 0.3) is 0 Å². The van der Waals surface area contributed by atoms with Crippen molar-refractivity contribution in [3.05, 3.63) is 67.1 Å². The van der Waals surface area contributed by atoms with Crippen LogP contribution in [-0.4, -0.2) is 50.2 Å². The van der Waals surface area contributed by atoms with E-state index in [1.807, 2.05) is 47.4 Å². The zero-order valence-electron chi connectivity index (χ0n) is 17.8. The van der Waals surface area contributed by atoms with Gasteiger partial charge in [-0.25, -0.2) is 9.50 Å². The molecule has 0 bridgehead atoms. The molecule has 1 N–H and O–H groups in total. The van der Waals surface area contributed by atoms with E-state index in [9.17, 15) is 4.21 Å². The molecular weight excluding hydrogens is 418 g/mol. The molecule has 6 rings (SSSR count). The van der Waals surface area contributed by atoms with E-state index in [0.29, 0.717) is 5.25 Å².